The third kappa shape index (κ3) is 1.42. The average molecular weight is 177 g/mol. The molecular formula is C11H15NO. The number of phenols is 1. The first-order valence-electron chi connectivity index (χ1n) is 4.64. The Morgan fingerprint density at radius 1 is 1.31 bits per heavy atom. The molecular weight excluding hydrogens is 162 g/mol. The summed E-state index contributed by atoms with van der Waals surface area (Å²) in [7, 11) is 4.18. The summed E-state index contributed by atoms with van der Waals surface area (Å²) in [5.41, 5.74) is 2.44. The van der Waals surface area contributed by atoms with E-state index >= 15 is 0 Å². The molecule has 0 heterocycles. The Kier molecular flexibility index (Phi) is 2.00. The summed E-state index contributed by atoms with van der Waals surface area (Å²) < 4.78 is 0. The fourth-order valence-corrected chi connectivity index (χ4v) is 1.97. The van der Waals surface area contributed by atoms with Crippen LogP contribution in [0.15, 0.2) is 18.2 Å². The van der Waals surface area contributed by atoms with Gasteiger partial charge in [0.1, 0.15) is 5.75 Å². The summed E-state index contributed by atoms with van der Waals surface area (Å²) in [4.78, 5) is 2.22. The van der Waals surface area contributed by atoms with Crippen LogP contribution >= 0.6 is 0 Å². The third-order valence-corrected chi connectivity index (χ3v) is 2.87. The predicted octanol–water partition coefficient (Wildman–Crippen LogP) is 1.42. The van der Waals surface area contributed by atoms with Gasteiger partial charge in [0.2, 0.25) is 0 Å². The molecule has 0 amide bonds. The van der Waals surface area contributed by atoms with Crippen molar-refractivity contribution in [3.63, 3.8) is 0 Å². The third-order valence-electron chi connectivity index (χ3n) is 2.87. The molecule has 1 atom stereocenters. The monoisotopic (exact) mass is 177 g/mol. The van der Waals surface area contributed by atoms with Crippen molar-refractivity contribution in [3.8, 4) is 5.75 Å². The van der Waals surface area contributed by atoms with E-state index in [1.54, 1.807) is 6.07 Å². The molecule has 0 aliphatic heterocycles. The van der Waals surface area contributed by atoms with Crippen molar-refractivity contribution in [1.29, 1.82) is 0 Å². The molecule has 0 saturated carbocycles. The number of rotatable bonds is 1. The van der Waals surface area contributed by atoms with E-state index in [4.69, 9.17) is 0 Å². The molecule has 1 aliphatic rings. The van der Waals surface area contributed by atoms with Crippen molar-refractivity contribution in [1.82, 2.24) is 4.90 Å². The quantitative estimate of drug-likeness (QED) is 0.701. The van der Waals surface area contributed by atoms with Crippen LogP contribution in [0, 0.1) is 0 Å². The SMILES string of the molecule is CN(C)C1Cc2cccc(O)c2C1. The summed E-state index contributed by atoms with van der Waals surface area (Å²) in [5.74, 6) is 0.460. The lowest BCUT2D eigenvalue weighted by atomic mass is 10.1. The number of fused-ring (bicyclic) bond motifs is 1. The molecule has 13 heavy (non-hydrogen) atoms. The standard InChI is InChI=1S/C11H15NO/c1-12(2)9-6-8-4-3-5-11(13)10(8)7-9/h3-5,9,13H,6-7H2,1-2H3. The fraction of sp³-hybridized carbons (Fsp3) is 0.455. The molecule has 1 aromatic carbocycles. The van der Waals surface area contributed by atoms with Gasteiger partial charge in [-0.25, -0.2) is 0 Å². The molecule has 0 saturated heterocycles. The lowest BCUT2D eigenvalue weighted by Gasteiger charge is -2.17. The van der Waals surface area contributed by atoms with Crippen LogP contribution in [0.1, 0.15) is 11.1 Å². The molecule has 2 nitrogen and oxygen atoms in total. The molecule has 1 N–H and O–H groups in total. The second-order valence-corrected chi connectivity index (χ2v) is 3.94. The summed E-state index contributed by atoms with van der Waals surface area (Å²) in [5, 5.41) is 9.61. The van der Waals surface area contributed by atoms with Crippen LogP contribution in [0.25, 0.3) is 0 Å². The molecule has 1 aliphatic carbocycles. The molecule has 1 unspecified atom stereocenters. The Bertz CT molecular complexity index is 320. The zero-order valence-corrected chi connectivity index (χ0v) is 8.12. The van der Waals surface area contributed by atoms with Crippen LogP contribution in [0.4, 0.5) is 0 Å². The Labute approximate surface area is 78.8 Å². The van der Waals surface area contributed by atoms with E-state index in [9.17, 15) is 5.11 Å². The molecule has 2 rings (SSSR count). The smallest absolute Gasteiger partial charge is 0.119 e. The van der Waals surface area contributed by atoms with Crippen LogP contribution in [-0.4, -0.2) is 30.1 Å². The van der Waals surface area contributed by atoms with Gasteiger partial charge in [0.05, 0.1) is 0 Å². The number of hydrogen-bond donors (Lipinski definition) is 1. The lowest BCUT2D eigenvalue weighted by Crippen LogP contribution is -2.27. The average Bonchev–Trinajstić information content (AvgIpc) is 2.49. The van der Waals surface area contributed by atoms with Gasteiger partial charge in [0.25, 0.3) is 0 Å². The van der Waals surface area contributed by atoms with Gasteiger partial charge in [0, 0.05) is 6.04 Å². The highest BCUT2D eigenvalue weighted by Gasteiger charge is 2.24. The number of benzene rings is 1. The van der Waals surface area contributed by atoms with Crippen LogP contribution < -0.4 is 0 Å². The van der Waals surface area contributed by atoms with Gasteiger partial charge in [0.15, 0.2) is 0 Å². The van der Waals surface area contributed by atoms with Crippen molar-refractivity contribution < 1.29 is 5.11 Å². The van der Waals surface area contributed by atoms with Gasteiger partial charge >= 0.3 is 0 Å². The Morgan fingerprint density at radius 3 is 2.69 bits per heavy atom. The molecule has 2 heteroatoms. The van der Waals surface area contributed by atoms with Gasteiger partial charge in [-0.05, 0) is 44.1 Å². The largest absolute Gasteiger partial charge is 0.508 e. The predicted molar refractivity (Wildman–Crippen MR) is 53.0 cm³/mol. The first-order chi connectivity index (χ1) is 6.18. The number of nitrogens with zero attached hydrogens (tertiary/aromatic N) is 1. The highest BCUT2D eigenvalue weighted by Crippen LogP contribution is 2.30. The van der Waals surface area contributed by atoms with Crippen LogP contribution in [0.5, 0.6) is 5.75 Å². The summed E-state index contributed by atoms with van der Waals surface area (Å²) in [6.07, 6.45) is 2.05. The maximum Gasteiger partial charge on any atom is 0.119 e. The fourth-order valence-electron chi connectivity index (χ4n) is 1.97. The van der Waals surface area contributed by atoms with Crippen LogP contribution in [0.3, 0.4) is 0 Å². The Morgan fingerprint density at radius 2 is 2.08 bits per heavy atom. The van der Waals surface area contributed by atoms with Gasteiger partial charge in [-0.3, -0.25) is 0 Å². The van der Waals surface area contributed by atoms with E-state index in [0.717, 1.165) is 18.4 Å². The topological polar surface area (TPSA) is 23.5 Å². The molecule has 0 radical (unpaired) electrons. The number of phenolic OH excluding ortho intramolecular Hbond substituents is 1. The molecule has 0 aromatic heterocycles. The van der Waals surface area contributed by atoms with Crippen LogP contribution in [-0.2, 0) is 12.8 Å². The summed E-state index contributed by atoms with van der Waals surface area (Å²) >= 11 is 0. The van der Waals surface area contributed by atoms with Gasteiger partial charge in [-0.15, -0.1) is 0 Å². The van der Waals surface area contributed by atoms with E-state index < -0.39 is 0 Å². The van der Waals surface area contributed by atoms with Crippen LogP contribution in [0.2, 0.25) is 0 Å². The Hall–Kier alpha value is -1.02. The molecule has 1 aromatic rings. The highest BCUT2D eigenvalue weighted by molar-refractivity contribution is 5.43. The number of aromatic hydroxyl groups is 1. The second-order valence-electron chi connectivity index (χ2n) is 3.94. The first-order valence-corrected chi connectivity index (χ1v) is 4.64. The van der Waals surface area contributed by atoms with Gasteiger partial charge in [-0.2, -0.15) is 0 Å². The summed E-state index contributed by atoms with van der Waals surface area (Å²) in [6, 6.07) is 6.37. The zero-order valence-electron chi connectivity index (χ0n) is 8.12. The molecule has 70 valence electrons. The number of likely N-dealkylation sites (N-methyl/N-ethyl adjacent to an activating group) is 1. The summed E-state index contributed by atoms with van der Waals surface area (Å²) in [6.45, 7) is 0. The van der Waals surface area contributed by atoms with E-state index in [2.05, 4.69) is 25.1 Å². The van der Waals surface area contributed by atoms with E-state index in [1.165, 1.54) is 5.56 Å². The van der Waals surface area contributed by atoms with Crippen molar-refractivity contribution in [2.24, 2.45) is 0 Å². The minimum absolute atomic E-state index is 0.460. The normalized spacial score (nSPS) is 20.7. The zero-order chi connectivity index (χ0) is 9.42. The minimum atomic E-state index is 0.460. The maximum atomic E-state index is 9.61. The van der Waals surface area contributed by atoms with Gasteiger partial charge in [-0.1, -0.05) is 12.1 Å². The lowest BCUT2D eigenvalue weighted by molar-refractivity contribution is 0.302. The van der Waals surface area contributed by atoms with Gasteiger partial charge < -0.3 is 10.0 Å². The van der Waals surface area contributed by atoms with Crippen molar-refractivity contribution in [2.75, 3.05) is 14.1 Å². The Balaban J connectivity index is 2.30. The second kappa shape index (κ2) is 3.04. The minimum Gasteiger partial charge on any atom is -0.508 e. The van der Waals surface area contributed by atoms with Crippen molar-refractivity contribution in [2.45, 2.75) is 18.9 Å². The van der Waals surface area contributed by atoms with E-state index in [-0.39, 0.29) is 0 Å². The molecule has 0 fully saturated rings. The first kappa shape index (κ1) is 8.57. The van der Waals surface area contributed by atoms with Crippen molar-refractivity contribution >= 4 is 0 Å². The number of hydrogen-bond acceptors (Lipinski definition) is 2. The van der Waals surface area contributed by atoms with Crippen molar-refractivity contribution in [3.05, 3.63) is 29.3 Å². The molecule has 0 bridgehead atoms. The highest BCUT2D eigenvalue weighted by atomic mass is 16.3. The molecule has 0 spiro atoms. The maximum absolute atomic E-state index is 9.61. The van der Waals surface area contributed by atoms with E-state index in [0.29, 0.717) is 11.8 Å². The van der Waals surface area contributed by atoms with E-state index in [1.807, 2.05) is 6.07 Å².